The van der Waals surface area contributed by atoms with Gasteiger partial charge in [0.1, 0.15) is 0 Å². The first-order valence-electron chi connectivity index (χ1n) is 7.13. The zero-order chi connectivity index (χ0) is 13.5. The highest BCUT2D eigenvalue weighted by Crippen LogP contribution is 2.50. The normalized spacial score (nSPS) is 19.3. The lowest BCUT2D eigenvalue weighted by molar-refractivity contribution is 0.0886. The Hall–Kier alpha value is -1.32. The fourth-order valence-electron chi connectivity index (χ4n) is 3.64. The Bertz CT molecular complexity index is 575. The van der Waals surface area contributed by atoms with Crippen molar-refractivity contribution in [1.29, 1.82) is 0 Å². The van der Waals surface area contributed by atoms with Crippen molar-refractivity contribution in [2.24, 2.45) is 18.2 Å². The SMILES string of the molecule is CNC(c1cn(C)c2ccccc12)C1(CN)CCC1. The Morgan fingerprint density at radius 1 is 1.37 bits per heavy atom. The van der Waals surface area contributed by atoms with Crippen molar-refractivity contribution in [1.82, 2.24) is 9.88 Å². The number of fused-ring (bicyclic) bond motifs is 1. The molecule has 1 saturated carbocycles. The van der Waals surface area contributed by atoms with Crippen LogP contribution in [0.15, 0.2) is 30.5 Å². The van der Waals surface area contributed by atoms with Gasteiger partial charge >= 0.3 is 0 Å². The number of nitrogens with zero attached hydrogens (tertiary/aromatic N) is 1. The monoisotopic (exact) mass is 257 g/mol. The maximum absolute atomic E-state index is 6.09. The molecule has 1 atom stereocenters. The van der Waals surface area contributed by atoms with Gasteiger partial charge in [0.15, 0.2) is 0 Å². The van der Waals surface area contributed by atoms with Gasteiger partial charge in [0, 0.05) is 35.6 Å². The van der Waals surface area contributed by atoms with E-state index in [1.807, 2.05) is 0 Å². The predicted molar refractivity (Wildman–Crippen MR) is 80.1 cm³/mol. The van der Waals surface area contributed by atoms with Crippen LogP contribution in [0.5, 0.6) is 0 Å². The average Bonchev–Trinajstić information content (AvgIpc) is 2.72. The number of hydrogen-bond acceptors (Lipinski definition) is 2. The van der Waals surface area contributed by atoms with Gasteiger partial charge in [-0.05, 0) is 38.1 Å². The van der Waals surface area contributed by atoms with Crippen LogP contribution in [-0.2, 0) is 7.05 Å². The smallest absolute Gasteiger partial charge is 0.0481 e. The fourth-order valence-corrected chi connectivity index (χ4v) is 3.64. The van der Waals surface area contributed by atoms with Gasteiger partial charge in [-0.2, -0.15) is 0 Å². The van der Waals surface area contributed by atoms with Crippen molar-refractivity contribution in [2.45, 2.75) is 25.3 Å². The molecule has 102 valence electrons. The maximum Gasteiger partial charge on any atom is 0.0481 e. The highest BCUT2D eigenvalue weighted by molar-refractivity contribution is 5.84. The third kappa shape index (κ3) is 1.80. The third-order valence-corrected chi connectivity index (χ3v) is 4.90. The number of aryl methyl sites for hydroxylation is 1. The summed E-state index contributed by atoms with van der Waals surface area (Å²) in [6.45, 7) is 0.766. The van der Waals surface area contributed by atoms with Gasteiger partial charge in [-0.3, -0.25) is 0 Å². The zero-order valence-corrected chi connectivity index (χ0v) is 11.8. The Morgan fingerprint density at radius 3 is 2.68 bits per heavy atom. The molecule has 1 fully saturated rings. The number of nitrogens with one attached hydrogen (secondary N) is 1. The second-order valence-electron chi connectivity index (χ2n) is 5.85. The minimum absolute atomic E-state index is 0.249. The van der Waals surface area contributed by atoms with Crippen LogP contribution in [0.4, 0.5) is 0 Å². The third-order valence-electron chi connectivity index (χ3n) is 4.90. The molecule has 1 aromatic heterocycles. The van der Waals surface area contributed by atoms with E-state index in [4.69, 9.17) is 5.73 Å². The van der Waals surface area contributed by atoms with Crippen LogP contribution in [0.2, 0.25) is 0 Å². The van der Waals surface area contributed by atoms with Crippen LogP contribution >= 0.6 is 0 Å². The van der Waals surface area contributed by atoms with E-state index in [0.29, 0.717) is 6.04 Å². The maximum atomic E-state index is 6.09. The number of hydrogen-bond donors (Lipinski definition) is 2. The Labute approximate surface area is 114 Å². The highest BCUT2D eigenvalue weighted by Gasteiger charge is 2.43. The second-order valence-corrected chi connectivity index (χ2v) is 5.85. The summed E-state index contributed by atoms with van der Waals surface area (Å²) in [4.78, 5) is 0. The van der Waals surface area contributed by atoms with Crippen LogP contribution in [0.1, 0.15) is 30.9 Å². The molecular formula is C16H23N3. The number of benzene rings is 1. The highest BCUT2D eigenvalue weighted by atomic mass is 15.0. The van der Waals surface area contributed by atoms with E-state index in [0.717, 1.165) is 6.54 Å². The lowest BCUT2D eigenvalue weighted by Gasteiger charge is -2.47. The molecule has 3 N–H and O–H groups in total. The van der Waals surface area contributed by atoms with Gasteiger partial charge in [0.25, 0.3) is 0 Å². The van der Waals surface area contributed by atoms with Gasteiger partial charge in [-0.25, -0.2) is 0 Å². The standard InChI is InChI=1S/C16H23N3/c1-18-15(16(11-17)8-5-9-16)13-10-19(2)14-7-4-3-6-12(13)14/h3-4,6-7,10,15,18H,5,8-9,11,17H2,1-2H3. The second kappa shape index (κ2) is 4.66. The first-order valence-corrected chi connectivity index (χ1v) is 7.13. The van der Waals surface area contributed by atoms with E-state index in [-0.39, 0.29) is 5.41 Å². The molecule has 0 saturated heterocycles. The van der Waals surface area contributed by atoms with Crippen LogP contribution in [0.3, 0.4) is 0 Å². The van der Waals surface area contributed by atoms with Gasteiger partial charge in [-0.1, -0.05) is 24.6 Å². The van der Waals surface area contributed by atoms with E-state index in [1.54, 1.807) is 0 Å². The lowest BCUT2D eigenvalue weighted by Crippen LogP contribution is -2.47. The summed E-state index contributed by atoms with van der Waals surface area (Å²) in [5.74, 6) is 0. The Morgan fingerprint density at radius 2 is 2.11 bits per heavy atom. The zero-order valence-electron chi connectivity index (χ0n) is 11.8. The van der Waals surface area contributed by atoms with Gasteiger partial charge in [0.2, 0.25) is 0 Å². The van der Waals surface area contributed by atoms with Crippen molar-refractivity contribution >= 4 is 10.9 Å². The Balaban J connectivity index is 2.11. The molecule has 0 radical (unpaired) electrons. The minimum Gasteiger partial charge on any atom is -0.350 e. The molecule has 1 unspecified atom stereocenters. The Kier molecular flexibility index (Phi) is 3.11. The molecule has 2 aromatic rings. The molecule has 1 aliphatic rings. The fraction of sp³-hybridized carbons (Fsp3) is 0.500. The van der Waals surface area contributed by atoms with Crippen LogP contribution in [-0.4, -0.2) is 18.2 Å². The van der Waals surface area contributed by atoms with Crippen molar-refractivity contribution in [3.63, 3.8) is 0 Å². The first kappa shape index (κ1) is 12.7. The average molecular weight is 257 g/mol. The number of rotatable bonds is 4. The summed E-state index contributed by atoms with van der Waals surface area (Å²) < 4.78 is 2.22. The summed E-state index contributed by atoms with van der Waals surface area (Å²) >= 11 is 0. The molecule has 0 aliphatic heterocycles. The van der Waals surface area contributed by atoms with Crippen molar-refractivity contribution < 1.29 is 0 Å². The van der Waals surface area contributed by atoms with Gasteiger partial charge < -0.3 is 15.6 Å². The molecule has 0 bridgehead atoms. The molecule has 3 heteroatoms. The van der Waals surface area contributed by atoms with Crippen molar-refractivity contribution in [3.05, 3.63) is 36.0 Å². The van der Waals surface area contributed by atoms with E-state index < -0.39 is 0 Å². The topological polar surface area (TPSA) is 43.0 Å². The number of nitrogens with two attached hydrogens (primary N) is 1. The summed E-state index contributed by atoms with van der Waals surface area (Å²) in [5.41, 5.74) is 9.03. The molecule has 1 aliphatic carbocycles. The molecule has 19 heavy (non-hydrogen) atoms. The van der Waals surface area contributed by atoms with Gasteiger partial charge in [-0.15, -0.1) is 0 Å². The minimum atomic E-state index is 0.249. The molecular weight excluding hydrogens is 234 g/mol. The lowest BCUT2D eigenvalue weighted by atomic mass is 9.62. The van der Waals surface area contributed by atoms with Crippen LogP contribution in [0, 0.1) is 5.41 Å². The van der Waals surface area contributed by atoms with Crippen LogP contribution < -0.4 is 11.1 Å². The summed E-state index contributed by atoms with van der Waals surface area (Å²) in [5, 5.41) is 4.88. The summed E-state index contributed by atoms with van der Waals surface area (Å²) in [6, 6.07) is 8.98. The molecule has 1 aromatic carbocycles. The molecule has 0 amide bonds. The summed E-state index contributed by atoms with van der Waals surface area (Å²) in [7, 11) is 4.18. The van der Waals surface area contributed by atoms with E-state index in [2.05, 4.69) is 54.4 Å². The van der Waals surface area contributed by atoms with E-state index in [9.17, 15) is 0 Å². The van der Waals surface area contributed by atoms with E-state index in [1.165, 1.54) is 35.7 Å². The van der Waals surface area contributed by atoms with Gasteiger partial charge in [0.05, 0.1) is 0 Å². The quantitative estimate of drug-likeness (QED) is 0.884. The molecule has 0 spiro atoms. The summed E-state index contributed by atoms with van der Waals surface area (Å²) in [6.07, 6.45) is 6.04. The molecule has 1 heterocycles. The van der Waals surface area contributed by atoms with E-state index >= 15 is 0 Å². The number of para-hydroxylation sites is 1. The molecule has 3 nitrogen and oxygen atoms in total. The number of aromatic nitrogens is 1. The first-order chi connectivity index (χ1) is 9.22. The molecule has 3 rings (SSSR count). The predicted octanol–water partition coefficient (Wildman–Crippen LogP) is 2.57. The van der Waals surface area contributed by atoms with Crippen molar-refractivity contribution in [2.75, 3.05) is 13.6 Å². The largest absolute Gasteiger partial charge is 0.350 e. The van der Waals surface area contributed by atoms with Crippen LogP contribution in [0.25, 0.3) is 10.9 Å². The van der Waals surface area contributed by atoms with Crippen molar-refractivity contribution in [3.8, 4) is 0 Å².